The van der Waals surface area contributed by atoms with Gasteiger partial charge in [-0.05, 0) is 33.6 Å². The van der Waals surface area contributed by atoms with Crippen LogP contribution in [0.3, 0.4) is 0 Å². The van der Waals surface area contributed by atoms with Crippen molar-refractivity contribution in [3.8, 4) is 0 Å². The van der Waals surface area contributed by atoms with E-state index in [1.807, 2.05) is 0 Å². The first kappa shape index (κ1) is 14.3. The van der Waals surface area contributed by atoms with Gasteiger partial charge in [-0.1, -0.05) is 0 Å². The number of nitrogens with zero attached hydrogens (tertiary/aromatic N) is 2. The van der Waals surface area contributed by atoms with Crippen molar-refractivity contribution in [3.05, 3.63) is 0 Å². The summed E-state index contributed by atoms with van der Waals surface area (Å²) in [5.41, 5.74) is 6.76. The largest absolute Gasteiger partial charge is 0.381 e. The fraction of sp³-hybridized carbons (Fsp3) is 1.00. The monoisotopic (exact) mass is 255 g/mol. The van der Waals surface area contributed by atoms with Gasteiger partial charge in [0.1, 0.15) is 0 Å². The summed E-state index contributed by atoms with van der Waals surface area (Å²) in [5.74, 6) is 0. The van der Waals surface area contributed by atoms with Gasteiger partial charge in [0.05, 0.1) is 0 Å². The lowest BCUT2D eigenvalue weighted by molar-refractivity contribution is 0.0157. The van der Waals surface area contributed by atoms with Crippen molar-refractivity contribution in [2.75, 3.05) is 45.9 Å². The Kier molecular flexibility index (Phi) is 4.32. The normalized spacial score (nSPS) is 27.3. The summed E-state index contributed by atoms with van der Waals surface area (Å²) in [6.07, 6.45) is 2.01. The Labute approximate surface area is 111 Å². The molecule has 2 fully saturated rings. The number of hydrogen-bond acceptors (Lipinski definition) is 4. The zero-order chi connectivity index (χ0) is 13.2. The molecule has 2 aliphatic heterocycles. The Hall–Kier alpha value is -0.160. The van der Waals surface area contributed by atoms with Crippen molar-refractivity contribution in [1.29, 1.82) is 0 Å². The molecule has 0 aromatic heterocycles. The topological polar surface area (TPSA) is 41.7 Å². The van der Waals surface area contributed by atoms with E-state index >= 15 is 0 Å². The highest BCUT2D eigenvalue weighted by atomic mass is 16.5. The van der Waals surface area contributed by atoms with Gasteiger partial charge in [-0.2, -0.15) is 0 Å². The molecular formula is C14H29N3O. The Bertz CT molecular complexity index is 261. The molecule has 2 aliphatic rings. The van der Waals surface area contributed by atoms with Crippen LogP contribution in [0.4, 0.5) is 0 Å². The number of ether oxygens (including phenoxy) is 1. The van der Waals surface area contributed by atoms with Crippen LogP contribution < -0.4 is 5.73 Å². The number of piperazine rings is 1. The predicted molar refractivity (Wildman–Crippen MR) is 74.7 cm³/mol. The van der Waals surface area contributed by atoms with Gasteiger partial charge in [0.15, 0.2) is 0 Å². The van der Waals surface area contributed by atoms with Crippen molar-refractivity contribution in [2.24, 2.45) is 5.73 Å². The lowest BCUT2D eigenvalue weighted by Gasteiger charge is -2.45. The van der Waals surface area contributed by atoms with E-state index in [-0.39, 0.29) is 5.54 Å². The zero-order valence-corrected chi connectivity index (χ0v) is 12.2. The van der Waals surface area contributed by atoms with E-state index in [4.69, 9.17) is 10.5 Å². The summed E-state index contributed by atoms with van der Waals surface area (Å²) in [6, 6.07) is 0. The molecule has 2 saturated heterocycles. The molecule has 0 aromatic rings. The molecule has 2 N–H and O–H groups in total. The molecule has 4 heteroatoms. The third-order valence-corrected chi connectivity index (χ3v) is 4.35. The molecule has 0 bridgehead atoms. The van der Waals surface area contributed by atoms with Crippen LogP contribution in [0.5, 0.6) is 0 Å². The van der Waals surface area contributed by atoms with Gasteiger partial charge in [-0.3, -0.25) is 9.80 Å². The second-order valence-corrected chi connectivity index (χ2v) is 6.91. The minimum absolute atomic E-state index is 0.0118. The van der Waals surface area contributed by atoms with Crippen molar-refractivity contribution in [1.82, 2.24) is 9.80 Å². The zero-order valence-electron chi connectivity index (χ0n) is 12.2. The first-order valence-corrected chi connectivity index (χ1v) is 7.23. The Morgan fingerprint density at radius 2 is 1.61 bits per heavy atom. The molecule has 0 aliphatic carbocycles. The lowest BCUT2D eigenvalue weighted by atomic mass is 9.90. The summed E-state index contributed by atoms with van der Waals surface area (Å²) < 4.78 is 5.41. The minimum atomic E-state index is -0.0118. The number of nitrogens with two attached hydrogens (primary N) is 1. The first-order valence-electron chi connectivity index (χ1n) is 7.23. The van der Waals surface area contributed by atoms with E-state index in [1.54, 1.807) is 0 Å². The average Bonchev–Trinajstić information content (AvgIpc) is 2.29. The highest BCUT2D eigenvalue weighted by molar-refractivity contribution is 4.91. The van der Waals surface area contributed by atoms with Gasteiger partial charge in [-0.15, -0.1) is 0 Å². The van der Waals surface area contributed by atoms with Crippen LogP contribution in [0.25, 0.3) is 0 Å². The summed E-state index contributed by atoms with van der Waals surface area (Å²) in [5, 5.41) is 0. The highest BCUT2D eigenvalue weighted by Gasteiger charge is 2.32. The van der Waals surface area contributed by atoms with E-state index in [0.29, 0.717) is 5.54 Å². The molecule has 2 rings (SSSR count). The Morgan fingerprint density at radius 3 is 2.11 bits per heavy atom. The Balaban J connectivity index is 1.79. The maximum Gasteiger partial charge on any atom is 0.0484 e. The molecule has 0 amide bonds. The molecule has 0 spiro atoms. The minimum Gasteiger partial charge on any atom is -0.381 e. The summed E-state index contributed by atoms with van der Waals surface area (Å²) >= 11 is 0. The molecule has 0 aromatic carbocycles. The fourth-order valence-electron chi connectivity index (χ4n) is 2.96. The smallest absolute Gasteiger partial charge is 0.0484 e. The molecule has 2 heterocycles. The second kappa shape index (κ2) is 5.45. The van der Waals surface area contributed by atoms with Crippen LogP contribution in [0.2, 0.25) is 0 Å². The number of rotatable bonds is 2. The van der Waals surface area contributed by atoms with Gasteiger partial charge in [0.25, 0.3) is 0 Å². The molecule has 0 unspecified atom stereocenters. The van der Waals surface area contributed by atoms with Gasteiger partial charge >= 0.3 is 0 Å². The van der Waals surface area contributed by atoms with E-state index < -0.39 is 0 Å². The van der Waals surface area contributed by atoms with Gasteiger partial charge in [-0.25, -0.2) is 0 Å². The highest BCUT2D eigenvalue weighted by Crippen LogP contribution is 2.21. The van der Waals surface area contributed by atoms with E-state index in [0.717, 1.165) is 58.8 Å². The third-order valence-electron chi connectivity index (χ3n) is 4.35. The van der Waals surface area contributed by atoms with Gasteiger partial charge in [0.2, 0.25) is 0 Å². The van der Waals surface area contributed by atoms with Gasteiger partial charge in [0, 0.05) is 57.0 Å². The quantitative estimate of drug-likeness (QED) is 0.796. The van der Waals surface area contributed by atoms with Gasteiger partial charge < -0.3 is 10.5 Å². The van der Waals surface area contributed by atoms with Crippen LogP contribution in [-0.2, 0) is 4.74 Å². The van der Waals surface area contributed by atoms with Crippen LogP contribution >= 0.6 is 0 Å². The molecule has 106 valence electrons. The standard InChI is InChI=1S/C14H29N3O/c1-13(2,3)17-8-6-16(7-9-17)12-14(15)4-10-18-11-5-14/h4-12,15H2,1-3H3. The summed E-state index contributed by atoms with van der Waals surface area (Å²) in [7, 11) is 0. The molecule has 0 saturated carbocycles. The van der Waals surface area contributed by atoms with Crippen LogP contribution in [-0.4, -0.2) is 66.8 Å². The van der Waals surface area contributed by atoms with Crippen LogP contribution in [0.15, 0.2) is 0 Å². The van der Waals surface area contributed by atoms with Crippen molar-refractivity contribution >= 4 is 0 Å². The molecular weight excluding hydrogens is 226 g/mol. The van der Waals surface area contributed by atoms with Crippen LogP contribution in [0, 0.1) is 0 Å². The maximum atomic E-state index is 6.48. The fourth-order valence-corrected chi connectivity index (χ4v) is 2.96. The maximum absolute atomic E-state index is 6.48. The molecule has 18 heavy (non-hydrogen) atoms. The molecule has 0 radical (unpaired) electrons. The lowest BCUT2D eigenvalue weighted by Crippen LogP contribution is -2.59. The second-order valence-electron chi connectivity index (χ2n) is 6.91. The van der Waals surface area contributed by atoms with E-state index in [2.05, 4.69) is 30.6 Å². The van der Waals surface area contributed by atoms with E-state index in [1.165, 1.54) is 0 Å². The van der Waals surface area contributed by atoms with Crippen molar-refractivity contribution in [3.63, 3.8) is 0 Å². The number of hydrogen-bond donors (Lipinski definition) is 1. The van der Waals surface area contributed by atoms with Crippen molar-refractivity contribution in [2.45, 2.75) is 44.7 Å². The van der Waals surface area contributed by atoms with Crippen LogP contribution in [0.1, 0.15) is 33.6 Å². The first-order chi connectivity index (χ1) is 8.39. The third kappa shape index (κ3) is 3.67. The summed E-state index contributed by atoms with van der Waals surface area (Å²) in [4.78, 5) is 5.10. The van der Waals surface area contributed by atoms with E-state index in [9.17, 15) is 0 Å². The molecule has 0 atom stereocenters. The predicted octanol–water partition coefficient (Wildman–Crippen LogP) is 0.910. The Morgan fingerprint density at radius 1 is 1.06 bits per heavy atom. The summed E-state index contributed by atoms with van der Waals surface area (Å²) in [6.45, 7) is 14.2. The van der Waals surface area contributed by atoms with Crippen molar-refractivity contribution < 1.29 is 4.74 Å². The average molecular weight is 255 g/mol. The molecule has 4 nitrogen and oxygen atoms in total. The SMILES string of the molecule is CC(C)(C)N1CCN(CC2(N)CCOCC2)CC1.